The van der Waals surface area contributed by atoms with E-state index >= 15 is 0 Å². The van der Waals surface area contributed by atoms with E-state index in [1.54, 1.807) is 24.3 Å². The first-order valence-electron chi connectivity index (χ1n) is 9.63. The Morgan fingerprint density at radius 1 is 0.931 bits per heavy atom. The topological polar surface area (TPSA) is 64.2 Å². The summed E-state index contributed by atoms with van der Waals surface area (Å²) in [6.45, 7) is 5.73. The first-order chi connectivity index (χ1) is 13.8. The van der Waals surface area contributed by atoms with E-state index in [9.17, 15) is 9.35 Å². The zero-order valence-corrected chi connectivity index (χ0v) is 17.6. The quantitative estimate of drug-likeness (QED) is 0.449. The van der Waals surface area contributed by atoms with Gasteiger partial charge in [-0.1, -0.05) is 36.4 Å². The van der Waals surface area contributed by atoms with Crippen LogP contribution in [0.4, 0.5) is 11.4 Å². The molecule has 0 aliphatic heterocycles. The van der Waals surface area contributed by atoms with Crippen LogP contribution in [0.2, 0.25) is 0 Å². The second kappa shape index (κ2) is 7.58. The van der Waals surface area contributed by atoms with Crippen LogP contribution in [0.1, 0.15) is 42.3 Å². The maximum atomic E-state index is 12.8. The van der Waals surface area contributed by atoms with Gasteiger partial charge in [-0.15, -0.1) is 0 Å². The zero-order valence-electron chi connectivity index (χ0n) is 16.8. The fourth-order valence-electron chi connectivity index (χ4n) is 3.42. The lowest BCUT2D eigenvalue weighted by molar-refractivity contribution is 0.102. The number of hydrogen-bond acceptors (Lipinski definition) is 3. The Balaban J connectivity index is 1.50. The van der Waals surface area contributed by atoms with Crippen LogP contribution < -0.4 is 10.0 Å². The number of anilines is 2. The zero-order chi connectivity index (χ0) is 20.6. The summed E-state index contributed by atoms with van der Waals surface area (Å²) in [5.74, 6) is -0.155. The van der Waals surface area contributed by atoms with Gasteiger partial charge in [-0.05, 0) is 73.4 Å². The second-order valence-electron chi connectivity index (χ2n) is 8.18. The van der Waals surface area contributed by atoms with Crippen LogP contribution in [0.5, 0.6) is 0 Å². The van der Waals surface area contributed by atoms with Crippen molar-refractivity contribution >= 4 is 28.6 Å². The molecule has 1 amide bonds. The largest absolute Gasteiger partial charge is 0.593 e. The Morgan fingerprint density at radius 2 is 1.62 bits per heavy atom. The molecule has 0 fully saturated rings. The third-order valence-electron chi connectivity index (χ3n) is 5.01. The van der Waals surface area contributed by atoms with Gasteiger partial charge in [-0.25, -0.2) is 4.72 Å². The number of carbonyl (C=O) groups is 1. The van der Waals surface area contributed by atoms with Gasteiger partial charge in [0.15, 0.2) is 0 Å². The van der Waals surface area contributed by atoms with Gasteiger partial charge < -0.3 is 9.87 Å². The normalized spacial score (nSPS) is 13.4. The lowest BCUT2D eigenvalue weighted by Crippen LogP contribution is -2.33. The molecule has 2 N–H and O–H groups in total. The summed E-state index contributed by atoms with van der Waals surface area (Å²) < 4.78 is 14.8. The molecule has 1 aliphatic rings. The number of hydrogen-bond donors (Lipinski definition) is 2. The van der Waals surface area contributed by atoms with Crippen molar-refractivity contribution in [3.8, 4) is 11.1 Å². The number of fused-ring (bicyclic) bond motifs is 3. The summed E-state index contributed by atoms with van der Waals surface area (Å²) in [5.41, 5.74) is 6.99. The predicted molar refractivity (Wildman–Crippen MR) is 121 cm³/mol. The molecule has 148 valence electrons. The van der Waals surface area contributed by atoms with E-state index in [2.05, 4.69) is 28.2 Å². The molecule has 3 aromatic rings. The second-order valence-corrected chi connectivity index (χ2v) is 10.1. The van der Waals surface area contributed by atoms with Gasteiger partial charge >= 0.3 is 0 Å². The predicted octanol–water partition coefficient (Wildman–Crippen LogP) is 5.38. The third-order valence-corrected chi connectivity index (χ3v) is 6.55. The number of benzene rings is 3. The van der Waals surface area contributed by atoms with E-state index in [0.29, 0.717) is 5.56 Å². The Kier molecular flexibility index (Phi) is 5.11. The summed E-state index contributed by atoms with van der Waals surface area (Å²) in [4.78, 5) is 12.8. The highest BCUT2D eigenvalue weighted by Crippen LogP contribution is 2.40. The molecule has 5 heteroatoms. The maximum absolute atomic E-state index is 12.8. The van der Waals surface area contributed by atoms with Crippen molar-refractivity contribution in [2.45, 2.75) is 31.9 Å². The minimum Gasteiger partial charge on any atom is -0.593 e. The summed E-state index contributed by atoms with van der Waals surface area (Å²) in [5, 5.41) is 3.06. The van der Waals surface area contributed by atoms with E-state index in [-0.39, 0.29) is 10.7 Å². The fraction of sp³-hybridized carbons (Fsp3) is 0.208. The van der Waals surface area contributed by atoms with Crippen LogP contribution in [0.3, 0.4) is 0 Å². The van der Waals surface area contributed by atoms with E-state index in [0.717, 1.165) is 23.4 Å². The minimum atomic E-state index is -1.21. The molecule has 1 atom stereocenters. The van der Waals surface area contributed by atoms with Gasteiger partial charge in [-0.2, -0.15) is 0 Å². The van der Waals surface area contributed by atoms with Crippen molar-refractivity contribution in [1.82, 2.24) is 0 Å². The van der Waals surface area contributed by atoms with Crippen molar-refractivity contribution < 1.29 is 9.35 Å². The summed E-state index contributed by atoms with van der Waals surface area (Å²) >= 11 is -1.21. The molecule has 0 spiro atoms. The highest BCUT2D eigenvalue weighted by atomic mass is 32.2. The average molecular weight is 405 g/mol. The van der Waals surface area contributed by atoms with Crippen molar-refractivity contribution in [3.05, 3.63) is 83.4 Å². The summed E-state index contributed by atoms with van der Waals surface area (Å²) in [6, 6.07) is 21.4. The molecule has 0 heterocycles. The Morgan fingerprint density at radius 3 is 2.34 bits per heavy atom. The van der Waals surface area contributed by atoms with Crippen molar-refractivity contribution in [2.24, 2.45) is 0 Å². The Bertz CT molecular complexity index is 1060. The highest BCUT2D eigenvalue weighted by molar-refractivity contribution is 7.94. The molecule has 0 bridgehead atoms. The summed E-state index contributed by atoms with van der Waals surface area (Å²) in [7, 11) is 0. The van der Waals surface area contributed by atoms with E-state index < -0.39 is 11.4 Å². The van der Waals surface area contributed by atoms with Crippen molar-refractivity contribution in [1.29, 1.82) is 0 Å². The minimum absolute atomic E-state index is 0.155. The fourth-order valence-corrected chi connectivity index (χ4v) is 4.07. The van der Waals surface area contributed by atoms with Gasteiger partial charge in [0.1, 0.15) is 4.75 Å². The van der Waals surface area contributed by atoms with Gasteiger partial charge in [0.05, 0.1) is 17.0 Å². The lowest BCUT2D eigenvalue weighted by atomic mass is 10.0. The molecule has 4 nitrogen and oxygen atoms in total. The van der Waals surface area contributed by atoms with E-state index in [4.69, 9.17) is 0 Å². The van der Waals surface area contributed by atoms with Crippen LogP contribution in [-0.2, 0) is 17.8 Å². The molecular formula is C24H24N2O2S. The number of rotatable bonds is 4. The third kappa shape index (κ3) is 4.02. The smallest absolute Gasteiger partial charge is 0.255 e. The Hall–Kier alpha value is -2.76. The molecule has 1 aliphatic carbocycles. The number of carbonyl (C=O) groups excluding carboxylic acids is 1. The van der Waals surface area contributed by atoms with Gasteiger partial charge in [0, 0.05) is 17.7 Å². The van der Waals surface area contributed by atoms with Gasteiger partial charge in [0.25, 0.3) is 5.91 Å². The van der Waals surface area contributed by atoms with Gasteiger partial charge in [-0.3, -0.25) is 4.79 Å². The lowest BCUT2D eigenvalue weighted by Gasteiger charge is -2.23. The van der Waals surface area contributed by atoms with Gasteiger partial charge in [0.2, 0.25) is 0 Å². The van der Waals surface area contributed by atoms with Crippen LogP contribution in [0.15, 0.2) is 66.7 Å². The van der Waals surface area contributed by atoms with Crippen LogP contribution in [-0.4, -0.2) is 15.2 Å². The first kappa shape index (κ1) is 19.6. The molecule has 0 saturated carbocycles. The molecule has 3 aromatic carbocycles. The number of nitrogens with one attached hydrogen (secondary N) is 2. The van der Waals surface area contributed by atoms with E-state index in [1.807, 2.05) is 45.0 Å². The molecule has 0 saturated heterocycles. The maximum Gasteiger partial charge on any atom is 0.255 e. The molecule has 4 rings (SSSR count). The SMILES string of the molecule is CC(C)(C)[S+]([O-])Nc1ccc(C(=O)Nc2cccc3c2Cc2ccccc2-3)cc1. The average Bonchev–Trinajstić information content (AvgIpc) is 3.07. The number of amides is 1. The molecule has 1 unspecified atom stereocenters. The van der Waals surface area contributed by atoms with Crippen LogP contribution in [0, 0.1) is 0 Å². The highest BCUT2D eigenvalue weighted by Gasteiger charge is 2.26. The van der Waals surface area contributed by atoms with E-state index in [1.165, 1.54) is 16.7 Å². The monoisotopic (exact) mass is 404 g/mol. The molecular weight excluding hydrogens is 380 g/mol. The van der Waals surface area contributed by atoms with Crippen molar-refractivity contribution in [3.63, 3.8) is 0 Å². The standard InChI is InChI=1S/C24H24N2O2S/c1-24(2,3)29(28)26-18-13-11-16(12-14-18)23(27)25-22-10-6-9-20-19-8-5-4-7-17(19)15-21(20)22/h4-14,26H,15H2,1-3H3,(H,25,27). The first-order valence-corrected chi connectivity index (χ1v) is 10.8. The molecule has 0 aromatic heterocycles. The molecule has 29 heavy (non-hydrogen) atoms. The van der Waals surface area contributed by atoms with Crippen LogP contribution in [0.25, 0.3) is 11.1 Å². The van der Waals surface area contributed by atoms with Crippen molar-refractivity contribution in [2.75, 3.05) is 10.0 Å². The van der Waals surface area contributed by atoms with Crippen LogP contribution >= 0.6 is 0 Å². The Labute approximate surface area is 174 Å². The summed E-state index contributed by atoms with van der Waals surface area (Å²) in [6.07, 6.45) is 0.823. The molecule has 0 radical (unpaired) electrons.